The zero-order valence-corrected chi connectivity index (χ0v) is 19.7. The van der Waals surface area contributed by atoms with Crippen LogP contribution in [-0.2, 0) is 13.2 Å². The molecule has 0 aliphatic carbocycles. The molecule has 3 rings (SSSR count). The van der Waals surface area contributed by atoms with Gasteiger partial charge in [-0.25, -0.2) is 0 Å². The van der Waals surface area contributed by atoms with Crippen LogP contribution in [0.1, 0.15) is 25.0 Å². The number of hydrogen-bond donors (Lipinski definition) is 1. The van der Waals surface area contributed by atoms with E-state index < -0.39 is 0 Å². The van der Waals surface area contributed by atoms with Gasteiger partial charge in [-0.1, -0.05) is 40.9 Å². The van der Waals surface area contributed by atoms with Gasteiger partial charge < -0.3 is 19.5 Å². The lowest BCUT2D eigenvalue weighted by Gasteiger charge is -2.16. The van der Waals surface area contributed by atoms with E-state index in [1.807, 2.05) is 56.3 Å². The fourth-order valence-corrected chi connectivity index (χ4v) is 3.71. The first-order valence-corrected chi connectivity index (χ1v) is 11.1. The fourth-order valence-electron chi connectivity index (χ4n) is 2.95. The van der Waals surface area contributed by atoms with Crippen LogP contribution in [0.4, 0.5) is 5.69 Å². The van der Waals surface area contributed by atoms with Crippen molar-refractivity contribution in [2.75, 3.05) is 18.5 Å². The number of halogens is 3. The summed E-state index contributed by atoms with van der Waals surface area (Å²) in [5.74, 6) is 1.92. The van der Waals surface area contributed by atoms with Gasteiger partial charge in [0, 0.05) is 27.8 Å². The van der Waals surface area contributed by atoms with Crippen molar-refractivity contribution in [1.29, 1.82) is 0 Å². The molecule has 0 heterocycles. The number of rotatable bonds is 10. The topological polar surface area (TPSA) is 39.7 Å². The van der Waals surface area contributed by atoms with Gasteiger partial charge in [0.2, 0.25) is 0 Å². The van der Waals surface area contributed by atoms with Gasteiger partial charge in [0.1, 0.15) is 12.4 Å². The van der Waals surface area contributed by atoms with E-state index in [1.54, 1.807) is 12.1 Å². The van der Waals surface area contributed by atoms with Gasteiger partial charge in [0.15, 0.2) is 11.5 Å². The molecule has 3 aromatic rings. The second kappa shape index (κ2) is 11.4. The second-order valence-electron chi connectivity index (χ2n) is 6.67. The molecule has 1 N–H and O–H groups in total. The Hall–Kier alpha value is -2.27. The van der Waals surface area contributed by atoms with Crippen LogP contribution >= 0.6 is 34.8 Å². The molecule has 0 aliphatic rings. The van der Waals surface area contributed by atoms with Crippen molar-refractivity contribution in [1.82, 2.24) is 0 Å². The maximum atomic E-state index is 6.54. The molecule has 7 heteroatoms. The Kier molecular flexibility index (Phi) is 8.59. The lowest BCUT2D eigenvalue weighted by molar-refractivity contribution is 0.269. The van der Waals surface area contributed by atoms with Crippen molar-refractivity contribution in [3.8, 4) is 17.2 Å². The van der Waals surface area contributed by atoms with E-state index in [0.29, 0.717) is 46.3 Å². The van der Waals surface area contributed by atoms with Gasteiger partial charge in [0.25, 0.3) is 0 Å². The standard InChI is InChI=1S/C24H24Cl3NO3/c1-3-29-20-9-7-19(8-10-20)28-14-16-11-22(27)24(23(12-16)30-4-2)31-15-17-5-6-18(25)13-21(17)26/h5-13,28H,3-4,14-15H2,1-2H3. The Morgan fingerprint density at radius 2 is 1.52 bits per heavy atom. The smallest absolute Gasteiger partial charge is 0.180 e. The first-order chi connectivity index (χ1) is 15.0. The average molecular weight is 481 g/mol. The Morgan fingerprint density at radius 1 is 0.774 bits per heavy atom. The summed E-state index contributed by atoms with van der Waals surface area (Å²) in [7, 11) is 0. The summed E-state index contributed by atoms with van der Waals surface area (Å²) in [5.41, 5.74) is 2.76. The molecule has 4 nitrogen and oxygen atoms in total. The van der Waals surface area contributed by atoms with E-state index >= 15 is 0 Å². The Bertz CT molecular complexity index is 1010. The van der Waals surface area contributed by atoms with Crippen molar-refractivity contribution < 1.29 is 14.2 Å². The first-order valence-electron chi connectivity index (χ1n) is 9.98. The van der Waals surface area contributed by atoms with Gasteiger partial charge >= 0.3 is 0 Å². The third-order valence-electron chi connectivity index (χ3n) is 4.42. The molecule has 0 unspecified atom stereocenters. The molecule has 0 saturated heterocycles. The van der Waals surface area contributed by atoms with Gasteiger partial charge in [0.05, 0.1) is 18.2 Å². The number of nitrogens with one attached hydrogen (secondary N) is 1. The summed E-state index contributed by atoms with van der Waals surface area (Å²) < 4.78 is 17.2. The van der Waals surface area contributed by atoms with E-state index in [-0.39, 0.29) is 6.61 Å². The molecule has 31 heavy (non-hydrogen) atoms. The predicted molar refractivity (Wildman–Crippen MR) is 128 cm³/mol. The summed E-state index contributed by atoms with van der Waals surface area (Å²) in [6, 6.07) is 16.9. The monoisotopic (exact) mass is 479 g/mol. The average Bonchev–Trinajstić information content (AvgIpc) is 2.74. The van der Waals surface area contributed by atoms with Gasteiger partial charge in [-0.15, -0.1) is 0 Å². The van der Waals surface area contributed by atoms with Gasteiger partial charge in [-0.2, -0.15) is 0 Å². The molecule has 0 saturated carbocycles. The van der Waals surface area contributed by atoms with Gasteiger partial charge in [-0.3, -0.25) is 0 Å². The van der Waals surface area contributed by atoms with Crippen molar-refractivity contribution >= 4 is 40.5 Å². The summed E-state index contributed by atoms with van der Waals surface area (Å²) >= 11 is 18.7. The molecule has 0 amide bonds. The fraction of sp³-hybridized carbons (Fsp3) is 0.250. The summed E-state index contributed by atoms with van der Waals surface area (Å²) in [5, 5.41) is 4.96. The molecule has 0 radical (unpaired) electrons. The Labute approximate surface area is 198 Å². The highest BCUT2D eigenvalue weighted by Gasteiger charge is 2.14. The minimum Gasteiger partial charge on any atom is -0.494 e. The minimum atomic E-state index is 0.250. The molecule has 164 valence electrons. The Balaban J connectivity index is 1.71. The zero-order valence-electron chi connectivity index (χ0n) is 17.4. The SMILES string of the molecule is CCOc1ccc(NCc2cc(Cl)c(OCc3ccc(Cl)cc3Cl)c(OCC)c2)cc1. The lowest BCUT2D eigenvalue weighted by atomic mass is 10.2. The van der Waals surface area contributed by atoms with Gasteiger partial charge in [-0.05, 0) is 67.9 Å². The number of ether oxygens (including phenoxy) is 3. The molecule has 0 atom stereocenters. The normalized spacial score (nSPS) is 10.6. The lowest BCUT2D eigenvalue weighted by Crippen LogP contribution is -2.04. The van der Waals surface area contributed by atoms with Crippen LogP contribution in [0.5, 0.6) is 17.2 Å². The van der Waals surface area contributed by atoms with Crippen LogP contribution in [0.15, 0.2) is 54.6 Å². The second-order valence-corrected chi connectivity index (χ2v) is 7.92. The van der Waals surface area contributed by atoms with Crippen LogP contribution in [0.25, 0.3) is 0 Å². The number of benzene rings is 3. The molecule has 0 bridgehead atoms. The highest BCUT2D eigenvalue weighted by atomic mass is 35.5. The predicted octanol–water partition coefficient (Wildman–Crippen LogP) is 7.64. The largest absolute Gasteiger partial charge is 0.494 e. The summed E-state index contributed by atoms with van der Waals surface area (Å²) in [6.45, 7) is 5.84. The van der Waals surface area contributed by atoms with Crippen molar-refractivity contribution in [2.45, 2.75) is 27.0 Å². The third kappa shape index (κ3) is 6.60. The molecule has 0 aliphatic heterocycles. The Morgan fingerprint density at radius 3 is 2.19 bits per heavy atom. The zero-order chi connectivity index (χ0) is 22.2. The quantitative estimate of drug-likeness (QED) is 0.324. The van der Waals surface area contributed by atoms with Crippen molar-refractivity contribution in [3.05, 3.63) is 80.8 Å². The van der Waals surface area contributed by atoms with Crippen LogP contribution in [0, 0.1) is 0 Å². The van der Waals surface area contributed by atoms with Crippen LogP contribution in [-0.4, -0.2) is 13.2 Å². The van der Waals surface area contributed by atoms with E-state index in [1.165, 1.54) is 0 Å². The molecule has 3 aromatic carbocycles. The highest BCUT2D eigenvalue weighted by molar-refractivity contribution is 6.35. The van der Waals surface area contributed by atoms with Crippen LogP contribution < -0.4 is 19.5 Å². The van der Waals surface area contributed by atoms with E-state index in [4.69, 9.17) is 49.0 Å². The highest BCUT2D eigenvalue weighted by Crippen LogP contribution is 2.38. The van der Waals surface area contributed by atoms with Crippen LogP contribution in [0.3, 0.4) is 0 Å². The third-order valence-corrected chi connectivity index (χ3v) is 5.29. The molecule has 0 spiro atoms. The molecule has 0 aromatic heterocycles. The van der Waals surface area contributed by atoms with Crippen molar-refractivity contribution in [3.63, 3.8) is 0 Å². The number of hydrogen-bond acceptors (Lipinski definition) is 4. The summed E-state index contributed by atoms with van der Waals surface area (Å²) in [6.07, 6.45) is 0. The molecule has 0 fully saturated rings. The van der Waals surface area contributed by atoms with E-state index in [9.17, 15) is 0 Å². The number of anilines is 1. The molecular formula is C24H24Cl3NO3. The van der Waals surface area contributed by atoms with Crippen LogP contribution in [0.2, 0.25) is 15.1 Å². The first kappa shape index (κ1) is 23.4. The minimum absolute atomic E-state index is 0.250. The summed E-state index contributed by atoms with van der Waals surface area (Å²) in [4.78, 5) is 0. The van der Waals surface area contributed by atoms with E-state index in [2.05, 4.69) is 5.32 Å². The maximum Gasteiger partial charge on any atom is 0.180 e. The van der Waals surface area contributed by atoms with E-state index in [0.717, 1.165) is 22.6 Å². The van der Waals surface area contributed by atoms with Crippen molar-refractivity contribution in [2.24, 2.45) is 0 Å². The molecular weight excluding hydrogens is 457 g/mol. The maximum absolute atomic E-state index is 6.54.